The van der Waals surface area contributed by atoms with Crippen LogP contribution in [0.1, 0.15) is 13.8 Å². The third-order valence-electron chi connectivity index (χ3n) is 0.932. The van der Waals surface area contributed by atoms with Crippen molar-refractivity contribution in [2.45, 2.75) is 19.4 Å². The van der Waals surface area contributed by atoms with Crippen molar-refractivity contribution in [1.82, 2.24) is 4.84 Å². The monoisotopic (exact) mass is 151 g/mol. The molecular weight excluding hydrogens is 142 g/mol. The number of rotatable bonds is 2. The second-order valence-corrected chi connectivity index (χ2v) is 2.40. The minimum Gasteiger partial charge on any atom is -0.468 e. The van der Waals surface area contributed by atoms with Crippen LogP contribution < -0.4 is 4.84 Å². The maximum absolute atomic E-state index is 10.7. The molecule has 0 aromatic carbocycles. The average molecular weight is 152 g/mol. The number of carbonyl (C=O) groups is 1. The van der Waals surface area contributed by atoms with Crippen molar-refractivity contribution in [1.29, 1.82) is 0 Å². The standard InChI is InChI=1S/C5H10ClNO2/c1-5(2,7-6)4(8)9-3/h7H,1-3H3. The molecule has 3 nitrogen and oxygen atoms in total. The Balaban J connectivity index is 3.97. The fraction of sp³-hybridized carbons (Fsp3) is 0.800. The molecule has 0 fully saturated rings. The fourth-order valence-corrected chi connectivity index (χ4v) is 0.371. The molecule has 0 aliphatic heterocycles. The van der Waals surface area contributed by atoms with Gasteiger partial charge in [0, 0.05) is 0 Å². The van der Waals surface area contributed by atoms with Gasteiger partial charge in [0.05, 0.1) is 7.11 Å². The first-order chi connectivity index (χ1) is 4.04. The van der Waals surface area contributed by atoms with Crippen molar-refractivity contribution in [3.8, 4) is 0 Å². The SMILES string of the molecule is COC(=O)C(C)(C)NCl. The van der Waals surface area contributed by atoms with Crippen LogP contribution in [0, 0.1) is 0 Å². The maximum Gasteiger partial charge on any atom is 0.326 e. The van der Waals surface area contributed by atoms with Gasteiger partial charge < -0.3 is 4.74 Å². The molecule has 0 radical (unpaired) electrons. The lowest BCUT2D eigenvalue weighted by atomic mass is 10.1. The van der Waals surface area contributed by atoms with Crippen LogP contribution in [0.25, 0.3) is 0 Å². The first kappa shape index (κ1) is 8.72. The van der Waals surface area contributed by atoms with Crippen molar-refractivity contribution in [3.05, 3.63) is 0 Å². The van der Waals surface area contributed by atoms with Gasteiger partial charge in [-0.25, -0.2) is 4.84 Å². The summed E-state index contributed by atoms with van der Waals surface area (Å²) in [6, 6.07) is 0. The number of hydrogen-bond acceptors (Lipinski definition) is 3. The highest BCUT2D eigenvalue weighted by molar-refractivity contribution is 6.15. The summed E-state index contributed by atoms with van der Waals surface area (Å²) < 4.78 is 4.42. The van der Waals surface area contributed by atoms with Crippen molar-refractivity contribution < 1.29 is 9.53 Å². The topological polar surface area (TPSA) is 38.3 Å². The van der Waals surface area contributed by atoms with Gasteiger partial charge in [-0.05, 0) is 25.6 Å². The van der Waals surface area contributed by atoms with Gasteiger partial charge in [0.1, 0.15) is 5.54 Å². The van der Waals surface area contributed by atoms with Crippen LogP contribution in [0.4, 0.5) is 0 Å². The van der Waals surface area contributed by atoms with Crippen LogP contribution in [-0.4, -0.2) is 18.6 Å². The Morgan fingerprint density at radius 2 is 2.11 bits per heavy atom. The van der Waals surface area contributed by atoms with Gasteiger partial charge in [0.25, 0.3) is 0 Å². The predicted octanol–water partition coefficient (Wildman–Crippen LogP) is 0.681. The molecule has 0 spiro atoms. The molecular formula is C5H10ClNO2. The Morgan fingerprint density at radius 3 is 2.22 bits per heavy atom. The van der Waals surface area contributed by atoms with Crippen LogP contribution in [0.3, 0.4) is 0 Å². The van der Waals surface area contributed by atoms with E-state index in [2.05, 4.69) is 9.57 Å². The number of carbonyl (C=O) groups excluding carboxylic acids is 1. The number of ether oxygens (including phenoxy) is 1. The summed E-state index contributed by atoms with van der Waals surface area (Å²) in [5, 5.41) is 0. The molecule has 0 aliphatic carbocycles. The summed E-state index contributed by atoms with van der Waals surface area (Å²) in [4.78, 5) is 13.0. The highest BCUT2D eigenvalue weighted by Crippen LogP contribution is 2.04. The molecule has 0 aromatic rings. The van der Waals surface area contributed by atoms with E-state index in [9.17, 15) is 4.79 Å². The number of esters is 1. The first-order valence-corrected chi connectivity index (χ1v) is 2.88. The van der Waals surface area contributed by atoms with Crippen LogP contribution in [-0.2, 0) is 9.53 Å². The maximum atomic E-state index is 10.7. The fourth-order valence-electron chi connectivity index (χ4n) is 0.294. The first-order valence-electron chi connectivity index (χ1n) is 2.51. The molecule has 1 N–H and O–H groups in total. The van der Waals surface area contributed by atoms with Gasteiger partial charge in [-0.15, -0.1) is 0 Å². The molecule has 0 amide bonds. The number of hydrogen-bond donors (Lipinski definition) is 1. The lowest BCUT2D eigenvalue weighted by Crippen LogP contribution is -2.42. The Labute approximate surface area is 59.4 Å². The molecule has 54 valence electrons. The van der Waals surface area contributed by atoms with E-state index in [4.69, 9.17) is 11.8 Å². The van der Waals surface area contributed by atoms with Gasteiger partial charge in [0.2, 0.25) is 0 Å². The van der Waals surface area contributed by atoms with E-state index in [-0.39, 0.29) is 5.97 Å². The number of methoxy groups -OCH3 is 1. The predicted molar refractivity (Wildman–Crippen MR) is 35.1 cm³/mol. The van der Waals surface area contributed by atoms with Crippen molar-refractivity contribution >= 4 is 17.7 Å². The molecule has 0 saturated heterocycles. The Kier molecular flexibility index (Phi) is 2.94. The molecule has 4 heteroatoms. The normalized spacial score (nSPS) is 11.1. The number of halogens is 1. The van der Waals surface area contributed by atoms with E-state index < -0.39 is 5.54 Å². The largest absolute Gasteiger partial charge is 0.468 e. The van der Waals surface area contributed by atoms with E-state index in [1.54, 1.807) is 13.8 Å². The second kappa shape index (κ2) is 3.03. The average Bonchev–Trinajstić information content (AvgIpc) is 1.86. The summed E-state index contributed by atoms with van der Waals surface area (Å²) in [6.07, 6.45) is 0. The van der Waals surface area contributed by atoms with Crippen LogP contribution >= 0.6 is 11.8 Å². The zero-order valence-electron chi connectivity index (χ0n) is 5.69. The van der Waals surface area contributed by atoms with Gasteiger partial charge in [-0.3, -0.25) is 4.79 Å². The third kappa shape index (κ3) is 2.20. The smallest absolute Gasteiger partial charge is 0.326 e. The molecule has 0 aliphatic rings. The Bertz CT molecular complexity index is 114. The quantitative estimate of drug-likeness (QED) is 0.466. The lowest BCUT2D eigenvalue weighted by Gasteiger charge is -2.17. The second-order valence-electron chi connectivity index (χ2n) is 2.21. The van der Waals surface area contributed by atoms with Crippen LogP contribution in [0.2, 0.25) is 0 Å². The van der Waals surface area contributed by atoms with Gasteiger partial charge in [-0.2, -0.15) is 0 Å². The minimum atomic E-state index is -0.795. The van der Waals surface area contributed by atoms with Crippen molar-refractivity contribution in [3.63, 3.8) is 0 Å². The van der Waals surface area contributed by atoms with Crippen LogP contribution in [0.15, 0.2) is 0 Å². The molecule has 0 bridgehead atoms. The van der Waals surface area contributed by atoms with E-state index in [0.717, 1.165) is 0 Å². The molecule has 9 heavy (non-hydrogen) atoms. The zero-order chi connectivity index (χ0) is 7.49. The van der Waals surface area contributed by atoms with Gasteiger partial charge in [0.15, 0.2) is 0 Å². The van der Waals surface area contributed by atoms with Gasteiger partial charge >= 0.3 is 5.97 Å². The highest BCUT2D eigenvalue weighted by Gasteiger charge is 2.26. The molecule has 0 saturated carbocycles. The highest BCUT2D eigenvalue weighted by atomic mass is 35.5. The minimum absolute atomic E-state index is 0.377. The van der Waals surface area contributed by atoms with E-state index >= 15 is 0 Å². The molecule has 0 unspecified atom stereocenters. The molecule has 0 heterocycles. The van der Waals surface area contributed by atoms with Crippen molar-refractivity contribution in [2.24, 2.45) is 0 Å². The molecule has 0 aromatic heterocycles. The number of nitrogens with one attached hydrogen (secondary N) is 1. The molecule has 0 rings (SSSR count). The van der Waals surface area contributed by atoms with Crippen molar-refractivity contribution in [2.75, 3.05) is 7.11 Å². The lowest BCUT2D eigenvalue weighted by molar-refractivity contribution is -0.146. The molecule has 0 atom stereocenters. The van der Waals surface area contributed by atoms with E-state index in [0.29, 0.717) is 0 Å². The van der Waals surface area contributed by atoms with E-state index in [1.807, 2.05) is 0 Å². The van der Waals surface area contributed by atoms with Crippen LogP contribution in [0.5, 0.6) is 0 Å². The third-order valence-corrected chi connectivity index (χ3v) is 1.40. The summed E-state index contributed by atoms with van der Waals surface area (Å²) in [6.45, 7) is 3.26. The summed E-state index contributed by atoms with van der Waals surface area (Å²) in [7, 11) is 1.32. The summed E-state index contributed by atoms with van der Waals surface area (Å²) >= 11 is 5.22. The Hall–Kier alpha value is -0.280. The zero-order valence-corrected chi connectivity index (χ0v) is 6.45. The summed E-state index contributed by atoms with van der Waals surface area (Å²) in [5.74, 6) is -0.377. The van der Waals surface area contributed by atoms with E-state index in [1.165, 1.54) is 7.11 Å². The summed E-state index contributed by atoms with van der Waals surface area (Å²) in [5.41, 5.74) is -0.795. The van der Waals surface area contributed by atoms with Gasteiger partial charge in [-0.1, -0.05) is 0 Å². The Morgan fingerprint density at radius 1 is 1.67 bits per heavy atom.